The second-order valence-corrected chi connectivity index (χ2v) is 9.83. The molecule has 3 aromatic heterocycles. The Kier molecular flexibility index (Phi) is 5.94. The molecule has 8 nitrogen and oxygen atoms in total. The highest BCUT2D eigenvalue weighted by atomic mass is 32.1. The van der Waals surface area contributed by atoms with Gasteiger partial charge in [-0.05, 0) is 57.0 Å². The third kappa shape index (κ3) is 4.01. The molecule has 0 amide bonds. The molecule has 0 spiro atoms. The fourth-order valence-electron chi connectivity index (χ4n) is 4.46. The summed E-state index contributed by atoms with van der Waals surface area (Å²) < 4.78 is 1.99. The number of thiophene rings is 1. The van der Waals surface area contributed by atoms with Gasteiger partial charge in [0.15, 0.2) is 5.82 Å². The van der Waals surface area contributed by atoms with Crippen LogP contribution >= 0.6 is 11.3 Å². The first-order valence-corrected chi connectivity index (χ1v) is 12.3. The molecule has 1 aromatic carbocycles. The zero-order valence-corrected chi connectivity index (χ0v) is 20.8. The monoisotopic (exact) mass is 486 g/mol. The van der Waals surface area contributed by atoms with E-state index in [1.807, 2.05) is 54.8 Å². The van der Waals surface area contributed by atoms with Crippen molar-refractivity contribution in [3.8, 4) is 5.00 Å². The van der Waals surface area contributed by atoms with Gasteiger partial charge in [-0.1, -0.05) is 19.1 Å². The average molecular weight is 487 g/mol. The van der Waals surface area contributed by atoms with E-state index in [2.05, 4.69) is 34.3 Å². The minimum absolute atomic E-state index is 0.433. The van der Waals surface area contributed by atoms with Gasteiger partial charge in [-0.15, -0.1) is 21.5 Å². The summed E-state index contributed by atoms with van der Waals surface area (Å²) >= 11 is 1.66. The largest absolute Gasteiger partial charge is 0.481 e. The lowest BCUT2D eigenvalue weighted by molar-refractivity contribution is -0.142. The van der Waals surface area contributed by atoms with Crippen LogP contribution in [-0.2, 0) is 4.79 Å². The zero-order valence-electron chi connectivity index (χ0n) is 20.0. The van der Waals surface area contributed by atoms with E-state index in [4.69, 9.17) is 4.99 Å². The van der Waals surface area contributed by atoms with E-state index in [0.717, 1.165) is 44.6 Å². The van der Waals surface area contributed by atoms with Crippen molar-refractivity contribution in [3.63, 3.8) is 0 Å². The molecule has 1 aliphatic heterocycles. The molecule has 5 rings (SSSR count). The average Bonchev–Trinajstić information content (AvgIpc) is 3.32. The molecular formula is C26H26N6O2S. The summed E-state index contributed by atoms with van der Waals surface area (Å²) in [7, 11) is 0. The van der Waals surface area contributed by atoms with Gasteiger partial charge in [0, 0.05) is 27.9 Å². The van der Waals surface area contributed by atoms with Crippen LogP contribution in [0.2, 0.25) is 0 Å². The SMILES string of the molecule is CC[C@H](C(=O)O)C1N=C(c2ccc(Nc3cccnc3)cc2)c2c(sc(C)c2C)-n2c(C)nnc21. The van der Waals surface area contributed by atoms with E-state index in [-0.39, 0.29) is 0 Å². The van der Waals surface area contributed by atoms with Crippen LogP contribution in [0.4, 0.5) is 11.4 Å². The van der Waals surface area contributed by atoms with Crippen LogP contribution in [0, 0.1) is 26.7 Å². The Morgan fingerprint density at radius 3 is 2.57 bits per heavy atom. The summed E-state index contributed by atoms with van der Waals surface area (Å²) in [5.74, 6) is -0.305. The molecule has 1 aliphatic rings. The zero-order chi connectivity index (χ0) is 24.7. The Bertz CT molecular complexity index is 1420. The molecule has 0 fully saturated rings. The highest BCUT2D eigenvalue weighted by Gasteiger charge is 2.37. The van der Waals surface area contributed by atoms with Crippen LogP contribution in [-0.4, -0.2) is 36.5 Å². The number of hydrogen-bond donors (Lipinski definition) is 2. The number of carboxylic acids is 1. The predicted molar refractivity (Wildman–Crippen MR) is 137 cm³/mol. The van der Waals surface area contributed by atoms with E-state index in [0.29, 0.717) is 12.2 Å². The van der Waals surface area contributed by atoms with E-state index in [9.17, 15) is 9.90 Å². The third-order valence-corrected chi connectivity index (χ3v) is 7.63. The Hall–Kier alpha value is -3.85. The molecule has 178 valence electrons. The number of pyridine rings is 1. The number of aromatic nitrogens is 4. The lowest BCUT2D eigenvalue weighted by atomic mass is 9.95. The number of aliphatic carboxylic acids is 1. The topological polar surface area (TPSA) is 105 Å². The van der Waals surface area contributed by atoms with Crippen molar-refractivity contribution in [3.05, 3.63) is 82.0 Å². The maximum atomic E-state index is 12.2. The van der Waals surface area contributed by atoms with Crippen molar-refractivity contribution in [1.82, 2.24) is 19.7 Å². The number of anilines is 2. The summed E-state index contributed by atoms with van der Waals surface area (Å²) in [4.78, 5) is 22.7. The second-order valence-electron chi connectivity index (χ2n) is 8.62. The Labute approximate surface area is 207 Å². The lowest BCUT2D eigenvalue weighted by Crippen LogP contribution is -2.23. The summed E-state index contributed by atoms with van der Waals surface area (Å²) in [6, 6.07) is 11.2. The van der Waals surface area contributed by atoms with Crippen LogP contribution in [0.15, 0.2) is 53.8 Å². The van der Waals surface area contributed by atoms with Crippen molar-refractivity contribution < 1.29 is 9.90 Å². The van der Waals surface area contributed by atoms with Gasteiger partial charge >= 0.3 is 5.97 Å². The molecule has 4 heterocycles. The molecule has 0 saturated carbocycles. The number of carbonyl (C=O) groups is 1. The summed E-state index contributed by atoms with van der Waals surface area (Å²) in [6.45, 7) is 7.95. The number of aryl methyl sites for hydroxylation is 2. The van der Waals surface area contributed by atoms with Crippen molar-refractivity contribution in [2.45, 2.75) is 40.2 Å². The van der Waals surface area contributed by atoms with Crippen LogP contribution in [0.5, 0.6) is 0 Å². The molecule has 1 unspecified atom stereocenters. The van der Waals surface area contributed by atoms with Gasteiger partial charge in [0.05, 0.1) is 23.5 Å². The van der Waals surface area contributed by atoms with E-state index >= 15 is 0 Å². The molecule has 2 N–H and O–H groups in total. The van der Waals surface area contributed by atoms with Gasteiger partial charge in [-0.2, -0.15) is 0 Å². The number of nitrogens with one attached hydrogen (secondary N) is 1. The molecular weight excluding hydrogens is 460 g/mol. The smallest absolute Gasteiger partial charge is 0.309 e. The minimum atomic E-state index is -0.887. The Morgan fingerprint density at radius 2 is 1.91 bits per heavy atom. The fourth-order valence-corrected chi connectivity index (χ4v) is 5.68. The van der Waals surface area contributed by atoms with E-state index in [1.165, 1.54) is 4.88 Å². The van der Waals surface area contributed by atoms with Gasteiger partial charge < -0.3 is 10.4 Å². The van der Waals surface area contributed by atoms with E-state index < -0.39 is 17.9 Å². The third-order valence-electron chi connectivity index (χ3n) is 6.44. The predicted octanol–water partition coefficient (Wildman–Crippen LogP) is 5.40. The van der Waals surface area contributed by atoms with Gasteiger partial charge in [0.1, 0.15) is 16.9 Å². The maximum absolute atomic E-state index is 12.2. The number of aliphatic imine (C=N–C) groups is 1. The minimum Gasteiger partial charge on any atom is -0.481 e. The number of nitrogens with zero attached hydrogens (tertiary/aromatic N) is 5. The molecule has 0 aliphatic carbocycles. The normalized spacial score (nSPS) is 15.5. The van der Waals surface area contributed by atoms with Crippen LogP contribution in [0.3, 0.4) is 0 Å². The highest BCUT2D eigenvalue weighted by molar-refractivity contribution is 7.15. The second kappa shape index (κ2) is 9.07. The molecule has 2 atom stereocenters. The van der Waals surface area contributed by atoms with Gasteiger partial charge in [0.2, 0.25) is 0 Å². The molecule has 0 saturated heterocycles. The quantitative estimate of drug-likeness (QED) is 0.378. The van der Waals surface area contributed by atoms with Gasteiger partial charge in [0.25, 0.3) is 0 Å². The van der Waals surface area contributed by atoms with Crippen LogP contribution in [0.1, 0.15) is 52.6 Å². The molecule has 4 aromatic rings. The van der Waals surface area contributed by atoms with Crippen molar-refractivity contribution in [2.24, 2.45) is 10.9 Å². The lowest BCUT2D eigenvalue weighted by Gasteiger charge is -2.19. The van der Waals surface area contributed by atoms with Crippen molar-refractivity contribution >= 4 is 34.4 Å². The standard InChI is InChI=1S/C26H26N6O2S/c1-5-20(26(33)34)23-24-31-30-16(4)32(24)25-21(14(2)15(3)35-25)22(29-23)17-8-10-18(11-9-17)28-19-7-6-12-27-13-19/h6-13,20,23,28H,5H2,1-4H3,(H,33,34)/t20-,23?/m0/s1. The highest BCUT2D eigenvalue weighted by Crippen LogP contribution is 2.41. The summed E-state index contributed by atoms with van der Waals surface area (Å²) in [5.41, 5.74) is 5.67. The number of benzene rings is 1. The number of carboxylic acid groups (broad SMARTS) is 1. The van der Waals surface area contributed by atoms with Crippen molar-refractivity contribution in [2.75, 3.05) is 5.32 Å². The molecule has 0 bridgehead atoms. The molecule has 0 radical (unpaired) electrons. The molecule has 35 heavy (non-hydrogen) atoms. The van der Waals surface area contributed by atoms with Crippen LogP contribution in [0.25, 0.3) is 5.00 Å². The summed E-state index contributed by atoms with van der Waals surface area (Å²) in [5, 5.41) is 23.1. The fraction of sp³-hybridized carbons (Fsp3) is 0.269. The first-order valence-electron chi connectivity index (χ1n) is 11.5. The van der Waals surface area contributed by atoms with E-state index in [1.54, 1.807) is 23.7 Å². The van der Waals surface area contributed by atoms with Gasteiger partial charge in [-0.3, -0.25) is 19.3 Å². The van der Waals surface area contributed by atoms with Gasteiger partial charge in [-0.25, -0.2) is 0 Å². The number of rotatable bonds is 6. The number of hydrogen-bond acceptors (Lipinski definition) is 7. The van der Waals surface area contributed by atoms with Crippen molar-refractivity contribution in [1.29, 1.82) is 0 Å². The molecule has 9 heteroatoms. The summed E-state index contributed by atoms with van der Waals surface area (Å²) in [6.07, 6.45) is 3.94. The maximum Gasteiger partial charge on any atom is 0.309 e. The first kappa shape index (κ1) is 22.9. The number of fused-ring (bicyclic) bond motifs is 3. The Morgan fingerprint density at radius 1 is 1.14 bits per heavy atom. The Balaban J connectivity index is 1.66. The first-order chi connectivity index (χ1) is 16.9. The van der Waals surface area contributed by atoms with Crippen LogP contribution < -0.4 is 5.32 Å².